The van der Waals surface area contributed by atoms with Crippen LogP contribution in [0.15, 0.2) is 231 Å². The number of aromatic nitrogens is 2. The highest BCUT2D eigenvalue weighted by atomic mass is 15.1. The second-order valence-electron chi connectivity index (χ2n) is 15.9. The van der Waals surface area contributed by atoms with E-state index in [-0.39, 0.29) is 0 Å². The van der Waals surface area contributed by atoms with Crippen molar-refractivity contribution in [3.63, 3.8) is 0 Å². The van der Waals surface area contributed by atoms with Gasteiger partial charge >= 0.3 is 0 Å². The average Bonchev–Trinajstić information content (AvgIpc) is 3.73. The van der Waals surface area contributed by atoms with Crippen LogP contribution >= 0.6 is 0 Å². The van der Waals surface area contributed by atoms with Crippen LogP contribution in [0.5, 0.6) is 0 Å². The van der Waals surface area contributed by atoms with E-state index in [1.54, 1.807) is 0 Å². The highest BCUT2D eigenvalue weighted by molar-refractivity contribution is 6.22. The Hall–Kier alpha value is -8.07. The van der Waals surface area contributed by atoms with Crippen LogP contribution in [0, 0.1) is 0 Å². The van der Waals surface area contributed by atoms with Crippen LogP contribution in [0.1, 0.15) is 0 Å². The third-order valence-electron chi connectivity index (χ3n) is 12.4. The molecule has 0 saturated carbocycles. The molecular formula is C59H38N2. The van der Waals surface area contributed by atoms with Gasteiger partial charge in [0.15, 0.2) is 0 Å². The molecule has 284 valence electrons. The Kier molecular flexibility index (Phi) is 8.21. The minimum Gasteiger partial charge on any atom is -0.292 e. The third-order valence-corrected chi connectivity index (χ3v) is 12.4. The fraction of sp³-hybridized carbons (Fsp3) is 0. The van der Waals surface area contributed by atoms with Gasteiger partial charge in [0.1, 0.15) is 5.82 Å². The van der Waals surface area contributed by atoms with E-state index in [2.05, 4.69) is 229 Å². The Morgan fingerprint density at radius 2 is 0.721 bits per heavy atom. The van der Waals surface area contributed by atoms with Crippen molar-refractivity contribution < 1.29 is 0 Å². The number of hydrogen-bond donors (Lipinski definition) is 0. The van der Waals surface area contributed by atoms with Crippen molar-refractivity contribution in [2.45, 2.75) is 0 Å². The maximum absolute atomic E-state index is 5.08. The minimum absolute atomic E-state index is 0.935. The molecule has 0 aliphatic rings. The summed E-state index contributed by atoms with van der Waals surface area (Å²) in [7, 11) is 0. The van der Waals surface area contributed by atoms with E-state index in [1.165, 1.54) is 87.6 Å². The Labute approximate surface area is 354 Å². The Morgan fingerprint density at radius 1 is 0.279 bits per heavy atom. The van der Waals surface area contributed by atoms with Crippen LogP contribution in [0.25, 0.3) is 116 Å². The van der Waals surface area contributed by atoms with Crippen molar-refractivity contribution in [1.29, 1.82) is 0 Å². The van der Waals surface area contributed by atoms with Gasteiger partial charge in [-0.1, -0.05) is 188 Å². The Morgan fingerprint density at radius 3 is 1.34 bits per heavy atom. The number of imidazole rings is 1. The molecule has 0 bridgehead atoms. The highest BCUT2D eigenvalue weighted by Crippen LogP contribution is 2.46. The molecule has 0 aliphatic carbocycles. The quantitative estimate of drug-likeness (QED) is 0.154. The first kappa shape index (κ1) is 34.9. The molecule has 1 heterocycles. The maximum atomic E-state index is 5.08. The smallest absolute Gasteiger partial charge is 0.145 e. The lowest BCUT2D eigenvalue weighted by Crippen LogP contribution is -1.97. The number of hydrogen-bond acceptors (Lipinski definition) is 1. The second-order valence-corrected chi connectivity index (χ2v) is 15.9. The van der Waals surface area contributed by atoms with Crippen LogP contribution in [0.3, 0.4) is 0 Å². The molecule has 0 unspecified atom stereocenters. The van der Waals surface area contributed by atoms with Gasteiger partial charge in [-0.3, -0.25) is 4.57 Å². The first-order valence-corrected chi connectivity index (χ1v) is 20.9. The van der Waals surface area contributed by atoms with Crippen molar-refractivity contribution >= 4 is 54.1 Å². The first-order valence-electron chi connectivity index (χ1n) is 20.9. The molecule has 11 aromatic carbocycles. The topological polar surface area (TPSA) is 17.8 Å². The van der Waals surface area contributed by atoms with Crippen LogP contribution < -0.4 is 0 Å². The van der Waals surface area contributed by atoms with Gasteiger partial charge in [-0.05, 0) is 130 Å². The number of para-hydroxylation sites is 3. The number of benzene rings is 11. The summed E-state index contributed by atoms with van der Waals surface area (Å²) in [6.07, 6.45) is 0. The minimum atomic E-state index is 0.935. The van der Waals surface area contributed by atoms with Crippen LogP contribution in [0.2, 0.25) is 0 Å². The zero-order chi connectivity index (χ0) is 40.3. The van der Waals surface area contributed by atoms with E-state index < -0.39 is 0 Å². The molecule has 0 aliphatic heterocycles. The fourth-order valence-electron chi connectivity index (χ4n) is 9.39. The van der Waals surface area contributed by atoms with Gasteiger partial charge < -0.3 is 0 Å². The van der Waals surface area contributed by atoms with Crippen molar-refractivity contribution in [1.82, 2.24) is 9.55 Å². The van der Waals surface area contributed by atoms with Crippen LogP contribution in [-0.4, -0.2) is 9.55 Å². The van der Waals surface area contributed by atoms with Gasteiger partial charge in [0.25, 0.3) is 0 Å². The Bertz CT molecular complexity index is 3620. The van der Waals surface area contributed by atoms with E-state index in [4.69, 9.17) is 4.98 Å². The molecule has 0 amide bonds. The lowest BCUT2D eigenvalue weighted by Gasteiger charge is -2.19. The molecule has 0 spiro atoms. The lowest BCUT2D eigenvalue weighted by atomic mass is 9.84. The molecule has 12 aromatic rings. The monoisotopic (exact) mass is 774 g/mol. The molecule has 0 fully saturated rings. The molecular weight excluding hydrogens is 737 g/mol. The van der Waals surface area contributed by atoms with Crippen molar-refractivity contribution in [2.75, 3.05) is 0 Å². The van der Waals surface area contributed by atoms with Gasteiger partial charge in [-0.25, -0.2) is 4.98 Å². The number of fused-ring (bicyclic) bond motifs is 5. The normalized spacial score (nSPS) is 11.6. The van der Waals surface area contributed by atoms with Gasteiger partial charge in [-0.2, -0.15) is 0 Å². The SMILES string of the molecule is c1ccc(-n2c(-c3ccc(-c4ccc(-c5ccc6c(-c7ccc8ccccc8c7)c7ccccc7c(-c7ccc8ccccc8c7)c6c5)cc4)cc3)nc3ccccc32)cc1. The van der Waals surface area contributed by atoms with Crippen LogP contribution in [-0.2, 0) is 0 Å². The van der Waals surface area contributed by atoms with Gasteiger partial charge in [0, 0.05) is 11.3 Å². The fourth-order valence-corrected chi connectivity index (χ4v) is 9.39. The predicted molar refractivity (Wildman–Crippen MR) is 258 cm³/mol. The molecule has 2 nitrogen and oxygen atoms in total. The van der Waals surface area contributed by atoms with E-state index in [0.29, 0.717) is 0 Å². The van der Waals surface area contributed by atoms with Gasteiger partial charge in [0.05, 0.1) is 11.0 Å². The average molecular weight is 775 g/mol. The Balaban J connectivity index is 0.969. The molecule has 0 saturated heterocycles. The van der Waals surface area contributed by atoms with Crippen LogP contribution in [0.4, 0.5) is 0 Å². The van der Waals surface area contributed by atoms with E-state index in [0.717, 1.165) is 28.1 Å². The zero-order valence-electron chi connectivity index (χ0n) is 33.3. The largest absolute Gasteiger partial charge is 0.292 e. The van der Waals surface area contributed by atoms with E-state index >= 15 is 0 Å². The molecule has 2 heteroatoms. The summed E-state index contributed by atoms with van der Waals surface area (Å²) in [5.41, 5.74) is 14.0. The summed E-state index contributed by atoms with van der Waals surface area (Å²) in [5.74, 6) is 0.935. The molecule has 61 heavy (non-hydrogen) atoms. The summed E-state index contributed by atoms with van der Waals surface area (Å²) in [5, 5.41) is 9.99. The summed E-state index contributed by atoms with van der Waals surface area (Å²) in [6, 6.07) is 83.8. The summed E-state index contributed by atoms with van der Waals surface area (Å²) >= 11 is 0. The molecule has 0 radical (unpaired) electrons. The lowest BCUT2D eigenvalue weighted by molar-refractivity contribution is 1.10. The van der Waals surface area contributed by atoms with Crippen molar-refractivity contribution in [3.05, 3.63) is 231 Å². The molecule has 1 aromatic heterocycles. The van der Waals surface area contributed by atoms with Crippen molar-refractivity contribution in [2.24, 2.45) is 0 Å². The first-order chi connectivity index (χ1) is 30.2. The van der Waals surface area contributed by atoms with E-state index in [9.17, 15) is 0 Å². The third kappa shape index (κ3) is 6.00. The standard InChI is InChI=1S/C59H38N2/c1-2-16-50(17-3-1)61-56-21-11-10-20-55(56)60-59(61)44-30-26-42(27-31-44)41-22-24-43(25-23-41)47-34-35-53-54(38-47)58(49-33-29-40-13-5-7-15-46(40)37-49)52-19-9-8-18-51(52)57(53)48-32-28-39-12-4-6-14-45(39)36-48/h1-38H. The maximum Gasteiger partial charge on any atom is 0.145 e. The zero-order valence-corrected chi connectivity index (χ0v) is 33.3. The molecule has 12 rings (SSSR count). The van der Waals surface area contributed by atoms with Gasteiger partial charge in [0.2, 0.25) is 0 Å². The van der Waals surface area contributed by atoms with E-state index in [1.807, 2.05) is 6.07 Å². The summed E-state index contributed by atoms with van der Waals surface area (Å²) in [4.78, 5) is 5.08. The summed E-state index contributed by atoms with van der Waals surface area (Å²) in [6.45, 7) is 0. The second kappa shape index (κ2) is 14.3. The molecule has 0 N–H and O–H groups in total. The highest BCUT2D eigenvalue weighted by Gasteiger charge is 2.19. The predicted octanol–water partition coefficient (Wildman–Crippen LogP) is 16.0. The van der Waals surface area contributed by atoms with Crippen molar-refractivity contribution in [3.8, 4) is 61.6 Å². The number of nitrogens with zero attached hydrogens (tertiary/aromatic N) is 2. The number of rotatable bonds is 6. The molecule has 0 atom stereocenters. The summed E-state index contributed by atoms with van der Waals surface area (Å²) < 4.78 is 2.25. The van der Waals surface area contributed by atoms with Gasteiger partial charge in [-0.15, -0.1) is 0 Å².